The van der Waals surface area contributed by atoms with Crippen LogP contribution in [0.25, 0.3) is 0 Å². The zero-order chi connectivity index (χ0) is 23.1. The molecule has 0 radical (unpaired) electrons. The first-order valence-corrected chi connectivity index (χ1v) is 11.4. The van der Waals surface area contributed by atoms with Crippen LogP contribution in [0.15, 0.2) is 77.7 Å². The van der Waals surface area contributed by atoms with Crippen LogP contribution in [0.3, 0.4) is 0 Å². The Morgan fingerprint density at radius 1 is 0.781 bits per heavy atom. The van der Waals surface area contributed by atoms with Gasteiger partial charge in [0.1, 0.15) is 10.6 Å². The van der Waals surface area contributed by atoms with Crippen LogP contribution in [-0.2, 0) is 10.1 Å². The summed E-state index contributed by atoms with van der Waals surface area (Å²) in [5, 5.41) is 5.42. The number of aryl methyl sites for hydroxylation is 2. The molecule has 0 aliphatic rings. The molecule has 3 rings (SSSR count). The molecular formula is C24H24N2O5S. The van der Waals surface area contributed by atoms with Gasteiger partial charge in [-0.1, -0.05) is 30.3 Å². The standard InChI is InChI=1S/C24H24N2O5S/c1-17-8-9-18(2)22(16-17)32(29,30)31-21-12-10-20(11-13-21)24(28)26-15-14-25-23(27)19-6-4-3-5-7-19/h3-13,16H,14-15H2,1-2H3,(H,25,27)(H,26,28). The molecule has 8 heteroatoms. The highest BCUT2D eigenvalue weighted by atomic mass is 32.2. The van der Waals surface area contributed by atoms with Crippen LogP contribution >= 0.6 is 0 Å². The predicted molar refractivity (Wildman–Crippen MR) is 121 cm³/mol. The second kappa shape index (κ2) is 10.1. The number of nitrogens with one attached hydrogen (secondary N) is 2. The fourth-order valence-corrected chi connectivity index (χ4v) is 4.20. The van der Waals surface area contributed by atoms with E-state index in [1.807, 2.05) is 12.1 Å². The molecule has 166 valence electrons. The molecule has 0 bridgehead atoms. The van der Waals surface area contributed by atoms with E-state index in [0.717, 1.165) is 5.56 Å². The normalized spacial score (nSPS) is 10.9. The Balaban J connectivity index is 1.53. The van der Waals surface area contributed by atoms with E-state index in [2.05, 4.69) is 10.6 Å². The summed E-state index contributed by atoms with van der Waals surface area (Å²) in [5.74, 6) is -0.452. The number of hydrogen-bond donors (Lipinski definition) is 2. The fourth-order valence-electron chi connectivity index (χ4n) is 2.96. The first-order valence-electron chi connectivity index (χ1n) is 9.99. The van der Waals surface area contributed by atoms with Gasteiger partial charge in [-0.2, -0.15) is 8.42 Å². The Hall–Kier alpha value is -3.65. The SMILES string of the molecule is Cc1ccc(C)c(S(=O)(=O)Oc2ccc(C(=O)NCCNC(=O)c3ccccc3)cc2)c1. The van der Waals surface area contributed by atoms with Gasteiger partial charge in [-0.15, -0.1) is 0 Å². The summed E-state index contributed by atoms with van der Waals surface area (Å²) in [5.41, 5.74) is 2.29. The van der Waals surface area contributed by atoms with Gasteiger partial charge in [0, 0.05) is 24.2 Å². The highest BCUT2D eigenvalue weighted by Crippen LogP contribution is 2.22. The van der Waals surface area contributed by atoms with Gasteiger partial charge in [0.05, 0.1) is 0 Å². The monoisotopic (exact) mass is 452 g/mol. The molecule has 3 aromatic carbocycles. The zero-order valence-electron chi connectivity index (χ0n) is 17.8. The molecule has 0 unspecified atom stereocenters. The van der Waals surface area contributed by atoms with Crippen LogP contribution in [0.2, 0.25) is 0 Å². The first kappa shape index (κ1) is 23.0. The van der Waals surface area contributed by atoms with Crippen molar-refractivity contribution in [1.29, 1.82) is 0 Å². The lowest BCUT2D eigenvalue weighted by atomic mass is 10.2. The van der Waals surface area contributed by atoms with E-state index < -0.39 is 10.1 Å². The Bertz CT molecular complexity index is 1210. The van der Waals surface area contributed by atoms with E-state index in [0.29, 0.717) is 16.7 Å². The molecule has 0 saturated heterocycles. The lowest BCUT2D eigenvalue weighted by molar-refractivity contribution is 0.0927. The van der Waals surface area contributed by atoms with E-state index in [1.54, 1.807) is 50.2 Å². The van der Waals surface area contributed by atoms with Gasteiger partial charge in [-0.05, 0) is 67.4 Å². The summed E-state index contributed by atoms with van der Waals surface area (Å²) < 4.78 is 30.4. The molecule has 2 amide bonds. The smallest absolute Gasteiger partial charge is 0.339 e. The highest BCUT2D eigenvalue weighted by molar-refractivity contribution is 7.87. The summed E-state index contributed by atoms with van der Waals surface area (Å²) in [6, 6.07) is 19.7. The average molecular weight is 453 g/mol. The average Bonchev–Trinajstić information content (AvgIpc) is 2.78. The second-order valence-corrected chi connectivity index (χ2v) is 8.72. The number of hydrogen-bond acceptors (Lipinski definition) is 5. The summed E-state index contributed by atoms with van der Waals surface area (Å²) in [6.45, 7) is 4.02. The minimum absolute atomic E-state index is 0.108. The molecule has 3 aromatic rings. The van der Waals surface area contributed by atoms with Crippen molar-refractivity contribution < 1.29 is 22.2 Å². The van der Waals surface area contributed by atoms with E-state index >= 15 is 0 Å². The van der Waals surface area contributed by atoms with Gasteiger partial charge < -0.3 is 14.8 Å². The molecule has 0 heterocycles. The minimum Gasteiger partial charge on any atom is -0.379 e. The predicted octanol–water partition coefficient (Wildman–Crippen LogP) is 3.23. The Kier molecular flexibility index (Phi) is 7.27. The van der Waals surface area contributed by atoms with Crippen LogP contribution < -0.4 is 14.8 Å². The van der Waals surface area contributed by atoms with Crippen molar-refractivity contribution in [1.82, 2.24) is 10.6 Å². The molecule has 0 fully saturated rings. The van der Waals surface area contributed by atoms with Crippen LogP contribution in [-0.4, -0.2) is 33.3 Å². The van der Waals surface area contributed by atoms with Crippen molar-refractivity contribution in [3.8, 4) is 5.75 Å². The van der Waals surface area contributed by atoms with Crippen molar-refractivity contribution in [2.75, 3.05) is 13.1 Å². The number of carbonyl (C=O) groups excluding carboxylic acids is 2. The molecular weight excluding hydrogens is 428 g/mol. The molecule has 0 saturated carbocycles. The van der Waals surface area contributed by atoms with E-state index in [4.69, 9.17) is 4.18 Å². The van der Waals surface area contributed by atoms with E-state index in [-0.39, 0.29) is 35.5 Å². The number of rotatable bonds is 8. The maximum absolute atomic E-state index is 12.6. The molecule has 0 spiro atoms. The third-order valence-corrected chi connectivity index (χ3v) is 6.06. The van der Waals surface area contributed by atoms with Crippen molar-refractivity contribution in [3.63, 3.8) is 0 Å². The van der Waals surface area contributed by atoms with E-state index in [9.17, 15) is 18.0 Å². The van der Waals surface area contributed by atoms with E-state index in [1.165, 1.54) is 24.3 Å². The first-order chi connectivity index (χ1) is 15.3. The van der Waals surface area contributed by atoms with Crippen LogP contribution in [0.1, 0.15) is 31.8 Å². The molecule has 0 aliphatic carbocycles. The van der Waals surface area contributed by atoms with Gasteiger partial charge in [-0.3, -0.25) is 9.59 Å². The fraction of sp³-hybridized carbons (Fsp3) is 0.167. The van der Waals surface area contributed by atoms with Crippen molar-refractivity contribution in [3.05, 3.63) is 95.1 Å². The maximum Gasteiger partial charge on any atom is 0.339 e. The van der Waals surface area contributed by atoms with Gasteiger partial charge in [0.15, 0.2) is 0 Å². The van der Waals surface area contributed by atoms with Crippen molar-refractivity contribution in [2.24, 2.45) is 0 Å². The molecule has 0 atom stereocenters. The molecule has 32 heavy (non-hydrogen) atoms. The Morgan fingerprint density at radius 3 is 1.94 bits per heavy atom. The maximum atomic E-state index is 12.6. The highest BCUT2D eigenvalue weighted by Gasteiger charge is 2.19. The molecule has 0 aliphatic heterocycles. The van der Waals surface area contributed by atoms with Crippen LogP contribution in [0.5, 0.6) is 5.75 Å². The number of benzene rings is 3. The summed E-state index contributed by atoms with van der Waals surface area (Å²) in [7, 11) is -3.99. The van der Waals surface area contributed by atoms with Gasteiger partial charge in [0.2, 0.25) is 0 Å². The Labute approximate surface area is 187 Å². The minimum atomic E-state index is -3.99. The van der Waals surface area contributed by atoms with Crippen molar-refractivity contribution in [2.45, 2.75) is 18.7 Å². The van der Waals surface area contributed by atoms with Crippen LogP contribution in [0.4, 0.5) is 0 Å². The molecule has 2 N–H and O–H groups in total. The summed E-state index contributed by atoms with van der Waals surface area (Å²) >= 11 is 0. The number of amides is 2. The van der Waals surface area contributed by atoms with Gasteiger partial charge in [0.25, 0.3) is 11.8 Å². The second-order valence-electron chi connectivity index (χ2n) is 7.21. The lowest BCUT2D eigenvalue weighted by Crippen LogP contribution is -2.34. The largest absolute Gasteiger partial charge is 0.379 e. The molecule has 7 nitrogen and oxygen atoms in total. The summed E-state index contributed by atoms with van der Waals surface area (Å²) in [6.07, 6.45) is 0. The summed E-state index contributed by atoms with van der Waals surface area (Å²) in [4.78, 5) is 24.4. The third-order valence-electron chi connectivity index (χ3n) is 4.67. The molecule has 0 aromatic heterocycles. The number of carbonyl (C=O) groups is 2. The lowest BCUT2D eigenvalue weighted by Gasteiger charge is -2.11. The Morgan fingerprint density at radius 2 is 1.34 bits per heavy atom. The van der Waals surface area contributed by atoms with Crippen LogP contribution in [0, 0.1) is 13.8 Å². The van der Waals surface area contributed by atoms with Gasteiger partial charge in [-0.25, -0.2) is 0 Å². The van der Waals surface area contributed by atoms with Crippen molar-refractivity contribution >= 4 is 21.9 Å². The zero-order valence-corrected chi connectivity index (χ0v) is 18.6. The van der Waals surface area contributed by atoms with Gasteiger partial charge >= 0.3 is 10.1 Å². The third kappa shape index (κ3) is 5.95. The topological polar surface area (TPSA) is 102 Å². The quantitative estimate of drug-likeness (QED) is 0.404.